The van der Waals surface area contributed by atoms with Crippen LogP contribution in [0, 0.1) is 5.82 Å². The Kier molecular flexibility index (Phi) is 4.23. The number of carbonyl (C=O) groups excluding carboxylic acids is 2. The van der Waals surface area contributed by atoms with Gasteiger partial charge in [0.15, 0.2) is 9.84 Å². The van der Waals surface area contributed by atoms with Crippen molar-refractivity contribution in [3.05, 3.63) is 35.6 Å². The van der Waals surface area contributed by atoms with Gasteiger partial charge in [-0.2, -0.15) is 0 Å². The number of carbonyl (C=O) groups is 2. The SMILES string of the molecule is CC1(C)[C@@H](NC(=O)CNC(=O)c2ccc(F)cc2)CS1(=O)=O. The summed E-state index contributed by atoms with van der Waals surface area (Å²) in [6.45, 7) is 2.82. The molecule has 22 heavy (non-hydrogen) atoms. The van der Waals surface area contributed by atoms with Crippen LogP contribution in [0.25, 0.3) is 0 Å². The average molecular weight is 328 g/mol. The molecule has 0 bridgehead atoms. The van der Waals surface area contributed by atoms with Crippen molar-refractivity contribution in [1.29, 1.82) is 0 Å². The van der Waals surface area contributed by atoms with Gasteiger partial charge in [-0.3, -0.25) is 9.59 Å². The van der Waals surface area contributed by atoms with Crippen LogP contribution in [0.3, 0.4) is 0 Å². The van der Waals surface area contributed by atoms with Crippen LogP contribution in [0.15, 0.2) is 24.3 Å². The molecule has 1 aromatic rings. The molecule has 0 aromatic heterocycles. The van der Waals surface area contributed by atoms with Gasteiger partial charge in [-0.15, -0.1) is 0 Å². The highest BCUT2D eigenvalue weighted by molar-refractivity contribution is 7.94. The van der Waals surface area contributed by atoms with E-state index in [-0.39, 0.29) is 17.9 Å². The summed E-state index contributed by atoms with van der Waals surface area (Å²) in [5.41, 5.74) is 0.237. The van der Waals surface area contributed by atoms with Crippen molar-refractivity contribution in [2.45, 2.75) is 24.6 Å². The minimum absolute atomic E-state index is 0.0996. The fraction of sp³-hybridized carbons (Fsp3) is 0.429. The minimum Gasteiger partial charge on any atom is -0.349 e. The van der Waals surface area contributed by atoms with Crippen LogP contribution in [0.4, 0.5) is 4.39 Å². The number of amides is 2. The second-order valence-electron chi connectivity index (χ2n) is 5.69. The zero-order valence-electron chi connectivity index (χ0n) is 12.2. The summed E-state index contributed by atoms with van der Waals surface area (Å²) in [5.74, 6) is -1.53. The lowest BCUT2D eigenvalue weighted by Crippen LogP contribution is -2.67. The Bertz CT molecular complexity index is 698. The highest BCUT2D eigenvalue weighted by Gasteiger charge is 2.53. The van der Waals surface area contributed by atoms with Crippen molar-refractivity contribution in [3.8, 4) is 0 Å². The Morgan fingerprint density at radius 1 is 1.27 bits per heavy atom. The lowest BCUT2D eigenvalue weighted by atomic mass is 10.0. The maximum Gasteiger partial charge on any atom is 0.251 e. The largest absolute Gasteiger partial charge is 0.349 e. The van der Waals surface area contributed by atoms with Crippen LogP contribution in [-0.2, 0) is 14.6 Å². The van der Waals surface area contributed by atoms with E-state index in [1.165, 1.54) is 12.1 Å². The molecular formula is C14H17FN2O4S. The Morgan fingerprint density at radius 2 is 1.86 bits per heavy atom. The van der Waals surface area contributed by atoms with Gasteiger partial charge in [-0.25, -0.2) is 12.8 Å². The Hall–Kier alpha value is -1.96. The molecule has 1 aliphatic rings. The topological polar surface area (TPSA) is 92.3 Å². The predicted molar refractivity (Wildman–Crippen MR) is 78.5 cm³/mol. The number of hydrogen-bond acceptors (Lipinski definition) is 4. The van der Waals surface area contributed by atoms with Crippen LogP contribution in [0.5, 0.6) is 0 Å². The maximum atomic E-state index is 12.7. The molecule has 6 nitrogen and oxygen atoms in total. The third kappa shape index (κ3) is 3.11. The van der Waals surface area contributed by atoms with E-state index in [4.69, 9.17) is 0 Å². The quantitative estimate of drug-likeness (QED) is 0.828. The van der Waals surface area contributed by atoms with E-state index in [2.05, 4.69) is 10.6 Å². The molecule has 0 saturated carbocycles. The van der Waals surface area contributed by atoms with Crippen LogP contribution in [-0.4, -0.2) is 43.3 Å². The van der Waals surface area contributed by atoms with Crippen LogP contribution >= 0.6 is 0 Å². The van der Waals surface area contributed by atoms with Crippen molar-refractivity contribution in [2.24, 2.45) is 0 Å². The summed E-state index contributed by atoms with van der Waals surface area (Å²) >= 11 is 0. The molecule has 2 amide bonds. The molecule has 0 aliphatic carbocycles. The number of nitrogens with one attached hydrogen (secondary N) is 2. The minimum atomic E-state index is -3.17. The monoisotopic (exact) mass is 328 g/mol. The summed E-state index contributed by atoms with van der Waals surface area (Å²) in [4.78, 5) is 23.5. The van der Waals surface area contributed by atoms with Gasteiger partial charge in [0.05, 0.1) is 23.1 Å². The van der Waals surface area contributed by atoms with Gasteiger partial charge < -0.3 is 10.6 Å². The third-order valence-corrected chi connectivity index (χ3v) is 6.54. The molecule has 0 spiro atoms. The molecule has 8 heteroatoms. The second-order valence-corrected chi connectivity index (χ2v) is 8.31. The van der Waals surface area contributed by atoms with Crippen molar-refractivity contribution >= 4 is 21.7 Å². The van der Waals surface area contributed by atoms with Crippen LogP contribution in [0.2, 0.25) is 0 Å². The fourth-order valence-corrected chi connectivity index (χ4v) is 3.72. The Labute approximate surface area is 128 Å². The molecule has 0 unspecified atom stereocenters. The Morgan fingerprint density at radius 3 is 2.36 bits per heavy atom. The van der Waals surface area contributed by atoms with Gasteiger partial charge in [-0.1, -0.05) is 0 Å². The molecular weight excluding hydrogens is 311 g/mol. The van der Waals surface area contributed by atoms with E-state index in [1.54, 1.807) is 13.8 Å². The van der Waals surface area contributed by atoms with E-state index in [9.17, 15) is 22.4 Å². The van der Waals surface area contributed by atoms with Crippen LogP contribution < -0.4 is 10.6 Å². The summed E-state index contributed by atoms with van der Waals surface area (Å²) in [6, 6.07) is 4.45. The van der Waals surface area contributed by atoms with E-state index in [0.717, 1.165) is 12.1 Å². The second kappa shape index (κ2) is 5.68. The van der Waals surface area contributed by atoms with E-state index < -0.39 is 38.3 Å². The number of rotatable bonds is 4. The molecule has 1 aliphatic heterocycles. The molecule has 2 N–H and O–H groups in total. The maximum absolute atomic E-state index is 12.7. The molecule has 1 fully saturated rings. The number of halogens is 1. The van der Waals surface area contributed by atoms with Crippen molar-refractivity contribution in [1.82, 2.24) is 10.6 Å². The lowest BCUT2D eigenvalue weighted by Gasteiger charge is -2.43. The normalized spacial score (nSPS) is 21.5. The summed E-state index contributed by atoms with van der Waals surface area (Å²) < 4.78 is 34.9. The summed E-state index contributed by atoms with van der Waals surface area (Å²) in [5, 5.41) is 4.98. The van der Waals surface area contributed by atoms with Gasteiger partial charge in [0.1, 0.15) is 5.82 Å². The smallest absolute Gasteiger partial charge is 0.251 e. The van der Waals surface area contributed by atoms with Gasteiger partial charge >= 0.3 is 0 Å². The highest BCUT2D eigenvalue weighted by Crippen LogP contribution is 2.33. The average Bonchev–Trinajstić information content (AvgIpc) is 2.44. The first-order valence-electron chi connectivity index (χ1n) is 6.69. The number of benzene rings is 1. The first-order valence-corrected chi connectivity index (χ1v) is 8.34. The number of hydrogen-bond donors (Lipinski definition) is 2. The first kappa shape index (κ1) is 16.4. The molecule has 1 saturated heterocycles. The predicted octanol–water partition coefficient (Wildman–Crippen LogP) is 0.247. The molecule has 2 rings (SSSR count). The molecule has 120 valence electrons. The summed E-state index contributed by atoms with van der Waals surface area (Å²) in [6.07, 6.45) is 0. The zero-order valence-corrected chi connectivity index (χ0v) is 13.0. The lowest BCUT2D eigenvalue weighted by molar-refractivity contribution is -0.121. The third-order valence-electron chi connectivity index (χ3n) is 3.88. The fourth-order valence-electron chi connectivity index (χ4n) is 2.08. The zero-order chi connectivity index (χ0) is 16.5. The van der Waals surface area contributed by atoms with Gasteiger partial charge in [0.2, 0.25) is 5.91 Å². The van der Waals surface area contributed by atoms with E-state index in [0.29, 0.717) is 0 Å². The van der Waals surface area contributed by atoms with Gasteiger partial charge in [0.25, 0.3) is 5.91 Å². The number of sulfone groups is 1. The van der Waals surface area contributed by atoms with Gasteiger partial charge in [0, 0.05) is 5.56 Å². The first-order chi connectivity index (χ1) is 10.1. The van der Waals surface area contributed by atoms with E-state index >= 15 is 0 Å². The standard InChI is InChI=1S/C14H17FN2O4S/c1-14(2)11(8-22(14,20)21)17-12(18)7-16-13(19)9-3-5-10(15)6-4-9/h3-6,11H,7-8H2,1-2H3,(H,16,19)(H,17,18)/t11-/m0/s1. The van der Waals surface area contributed by atoms with Crippen LogP contribution in [0.1, 0.15) is 24.2 Å². The van der Waals surface area contributed by atoms with Gasteiger partial charge in [-0.05, 0) is 38.1 Å². The summed E-state index contributed by atoms with van der Waals surface area (Å²) in [7, 11) is -3.17. The Balaban J connectivity index is 1.84. The highest BCUT2D eigenvalue weighted by atomic mass is 32.2. The molecule has 1 atom stereocenters. The van der Waals surface area contributed by atoms with Crippen molar-refractivity contribution in [2.75, 3.05) is 12.3 Å². The van der Waals surface area contributed by atoms with E-state index in [1.807, 2.05) is 0 Å². The molecule has 0 radical (unpaired) electrons. The molecule has 1 aromatic carbocycles. The van der Waals surface area contributed by atoms with Crippen molar-refractivity contribution < 1.29 is 22.4 Å². The molecule has 1 heterocycles. The van der Waals surface area contributed by atoms with Crippen molar-refractivity contribution in [3.63, 3.8) is 0 Å².